The second kappa shape index (κ2) is 8.78. The van der Waals surface area contributed by atoms with Gasteiger partial charge in [-0.2, -0.15) is 0 Å². The van der Waals surface area contributed by atoms with Gasteiger partial charge in [0.15, 0.2) is 0 Å². The molecular weight excluding hydrogens is 463 g/mol. The summed E-state index contributed by atoms with van der Waals surface area (Å²) in [6.45, 7) is 1.40. The molecule has 3 aromatic rings. The number of thioether (sulfide) groups is 1. The summed E-state index contributed by atoms with van der Waals surface area (Å²) in [5.41, 5.74) is 9.27. The van der Waals surface area contributed by atoms with E-state index in [0.29, 0.717) is 44.4 Å². The van der Waals surface area contributed by atoms with Gasteiger partial charge in [-0.15, -0.1) is 0 Å². The third kappa shape index (κ3) is 4.34. The summed E-state index contributed by atoms with van der Waals surface area (Å²) in [6, 6.07) is 10.6. The molecule has 1 aromatic heterocycles. The molecule has 2 amide bonds. The predicted molar refractivity (Wildman–Crippen MR) is 131 cm³/mol. The number of carbonyl (C=O) groups is 2. The van der Waals surface area contributed by atoms with Crippen molar-refractivity contribution >= 4 is 57.2 Å². The quantitative estimate of drug-likeness (QED) is 0.514. The molecule has 5 rings (SSSR count). The lowest BCUT2D eigenvalue weighted by Crippen LogP contribution is -2.43. The Bertz CT molecular complexity index is 1330. The van der Waals surface area contributed by atoms with E-state index in [1.54, 1.807) is 30.5 Å². The van der Waals surface area contributed by atoms with E-state index in [0.717, 1.165) is 36.5 Å². The van der Waals surface area contributed by atoms with Crippen LogP contribution in [0.1, 0.15) is 18.4 Å². The van der Waals surface area contributed by atoms with E-state index in [2.05, 4.69) is 10.3 Å². The van der Waals surface area contributed by atoms with Crippen molar-refractivity contribution in [2.24, 2.45) is 5.73 Å². The van der Waals surface area contributed by atoms with Crippen LogP contribution in [0.25, 0.3) is 28.1 Å². The zero-order valence-electron chi connectivity index (χ0n) is 17.5. The number of piperidine rings is 1. The number of hydrogen-bond donors (Lipinski definition) is 2. The van der Waals surface area contributed by atoms with Gasteiger partial charge in [0.2, 0.25) is 0 Å². The number of nitrogens with one attached hydrogen (secondary N) is 1. The number of benzene rings is 2. The number of nitrogens with zero attached hydrogens (tertiary/aromatic N) is 2. The molecule has 33 heavy (non-hydrogen) atoms. The van der Waals surface area contributed by atoms with E-state index in [-0.39, 0.29) is 11.9 Å². The molecule has 0 radical (unpaired) electrons. The van der Waals surface area contributed by atoms with Gasteiger partial charge in [0, 0.05) is 36.3 Å². The van der Waals surface area contributed by atoms with Gasteiger partial charge in [-0.1, -0.05) is 23.7 Å². The standard InChI is InChI=1S/C24H20ClFN4O2S/c25-17-11-28-19-5-3-13(9-21-23(31)29-24(32)33-21)8-16(19)22(17)14-4-6-20(18(26)10-14)30-7-1-2-15(27)12-30/h3-6,8-11,15H,1-2,7,12,27H2,(H,29,31,32)/t15-/m0/s1. The van der Waals surface area contributed by atoms with Crippen molar-refractivity contribution in [3.8, 4) is 11.1 Å². The average molecular weight is 483 g/mol. The van der Waals surface area contributed by atoms with E-state index in [4.69, 9.17) is 17.3 Å². The number of nitrogens with two attached hydrogens (primary N) is 1. The number of anilines is 1. The van der Waals surface area contributed by atoms with E-state index >= 15 is 4.39 Å². The number of pyridine rings is 1. The predicted octanol–water partition coefficient (Wildman–Crippen LogP) is 4.95. The van der Waals surface area contributed by atoms with Crippen molar-refractivity contribution in [3.63, 3.8) is 0 Å². The highest BCUT2D eigenvalue weighted by atomic mass is 35.5. The first-order chi connectivity index (χ1) is 15.9. The molecule has 0 saturated carbocycles. The molecular formula is C24H20ClFN4O2S. The first kappa shape index (κ1) is 21.9. The first-order valence-corrected chi connectivity index (χ1v) is 11.7. The molecule has 2 saturated heterocycles. The lowest BCUT2D eigenvalue weighted by molar-refractivity contribution is -0.115. The van der Waals surface area contributed by atoms with Crippen molar-refractivity contribution in [2.75, 3.05) is 18.0 Å². The Kier molecular flexibility index (Phi) is 5.82. The Labute approximate surface area is 199 Å². The topological polar surface area (TPSA) is 88.3 Å². The summed E-state index contributed by atoms with van der Waals surface area (Å²) >= 11 is 7.37. The van der Waals surface area contributed by atoms with Gasteiger partial charge < -0.3 is 10.6 Å². The van der Waals surface area contributed by atoms with Crippen LogP contribution in [0.5, 0.6) is 0 Å². The Hall–Kier alpha value is -2.94. The fraction of sp³-hybridized carbons (Fsp3) is 0.208. The van der Waals surface area contributed by atoms with Crippen LogP contribution >= 0.6 is 23.4 Å². The van der Waals surface area contributed by atoms with Crippen molar-refractivity contribution in [1.82, 2.24) is 10.3 Å². The number of aromatic nitrogens is 1. The van der Waals surface area contributed by atoms with Crippen LogP contribution in [0.3, 0.4) is 0 Å². The largest absolute Gasteiger partial charge is 0.368 e. The van der Waals surface area contributed by atoms with Crippen molar-refractivity contribution in [3.05, 3.63) is 63.9 Å². The summed E-state index contributed by atoms with van der Waals surface area (Å²) in [6.07, 6.45) is 5.06. The molecule has 3 N–H and O–H groups in total. The molecule has 1 atom stereocenters. The Morgan fingerprint density at radius 3 is 2.82 bits per heavy atom. The summed E-state index contributed by atoms with van der Waals surface area (Å²) in [7, 11) is 0. The van der Waals surface area contributed by atoms with Gasteiger partial charge in [0.1, 0.15) is 5.82 Å². The maximum Gasteiger partial charge on any atom is 0.290 e. The molecule has 2 fully saturated rings. The van der Waals surface area contributed by atoms with Gasteiger partial charge in [-0.05, 0) is 66.1 Å². The second-order valence-corrected chi connectivity index (χ2v) is 9.55. The second-order valence-electron chi connectivity index (χ2n) is 8.12. The van der Waals surface area contributed by atoms with Crippen molar-refractivity contribution < 1.29 is 14.0 Å². The van der Waals surface area contributed by atoms with Crippen LogP contribution in [0.2, 0.25) is 5.02 Å². The minimum absolute atomic E-state index is 0.0411. The maximum atomic E-state index is 15.2. The van der Waals surface area contributed by atoms with Crippen LogP contribution in [0.4, 0.5) is 14.9 Å². The van der Waals surface area contributed by atoms with Crippen LogP contribution in [-0.2, 0) is 4.79 Å². The summed E-state index contributed by atoms with van der Waals surface area (Å²) < 4.78 is 15.2. The van der Waals surface area contributed by atoms with Gasteiger partial charge in [-0.3, -0.25) is 19.9 Å². The zero-order valence-corrected chi connectivity index (χ0v) is 19.0. The molecule has 6 nitrogen and oxygen atoms in total. The SMILES string of the molecule is N[C@H]1CCCN(c2ccc(-c3c(Cl)cnc4ccc(C=C5SC(=O)NC5=O)cc34)cc2F)C1. The van der Waals surface area contributed by atoms with Crippen LogP contribution in [0, 0.1) is 5.82 Å². The third-order valence-electron chi connectivity index (χ3n) is 5.82. The molecule has 0 bridgehead atoms. The Balaban J connectivity index is 1.57. The normalized spacial score (nSPS) is 20.0. The molecule has 168 valence electrons. The highest BCUT2D eigenvalue weighted by Crippen LogP contribution is 2.37. The number of amides is 2. The molecule has 0 unspecified atom stereocenters. The molecule has 9 heteroatoms. The highest BCUT2D eigenvalue weighted by molar-refractivity contribution is 8.18. The third-order valence-corrected chi connectivity index (χ3v) is 6.92. The van der Waals surface area contributed by atoms with E-state index in [1.165, 1.54) is 6.07 Å². The minimum Gasteiger partial charge on any atom is -0.368 e. The van der Waals surface area contributed by atoms with E-state index in [9.17, 15) is 9.59 Å². The molecule has 0 aliphatic carbocycles. The molecule has 2 aromatic carbocycles. The van der Waals surface area contributed by atoms with E-state index < -0.39 is 11.1 Å². The van der Waals surface area contributed by atoms with Crippen molar-refractivity contribution in [1.29, 1.82) is 0 Å². The number of carbonyl (C=O) groups excluding carboxylic acids is 2. The van der Waals surface area contributed by atoms with Gasteiger partial charge in [-0.25, -0.2) is 4.39 Å². The van der Waals surface area contributed by atoms with E-state index in [1.807, 2.05) is 17.0 Å². The highest BCUT2D eigenvalue weighted by Gasteiger charge is 2.25. The average Bonchev–Trinajstić information content (AvgIpc) is 3.10. The number of rotatable bonds is 3. The molecule has 0 spiro atoms. The zero-order chi connectivity index (χ0) is 23.1. The Morgan fingerprint density at radius 1 is 1.24 bits per heavy atom. The smallest absolute Gasteiger partial charge is 0.290 e. The van der Waals surface area contributed by atoms with Crippen LogP contribution in [-0.4, -0.2) is 35.3 Å². The number of imide groups is 1. The van der Waals surface area contributed by atoms with Crippen LogP contribution < -0.4 is 16.0 Å². The van der Waals surface area contributed by atoms with Crippen LogP contribution in [0.15, 0.2) is 47.5 Å². The summed E-state index contributed by atoms with van der Waals surface area (Å²) in [5, 5.41) is 2.95. The van der Waals surface area contributed by atoms with Crippen molar-refractivity contribution in [2.45, 2.75) is 18.9 Å². The van der Waals surface area contributed by atoms with Gasteiger partial charge in [0.05, 0.1) is 21.1 Å². The summed E-state index contributed by atoms with van der Waals surface area (Å²) in [4.78, 5) is 30.0. The fourth-order valence-electron chi connectivity index (χ4n) is 4.29. The lowest BCUT2D eigenvalue weighted by Gasteiger charge is -2.33. The molecule has 3 heterocycles. The maximum absolute atomic E-state index is 15.2. The Morgan fingerprint density at radius 2 is 2.09 bits per heavy atom. The number of hydrogen-bond acceptors (Lipinski definition) is 6. The molecule has 2 aliphatic rings. The number of fused-ring (bicyclic) bond motifs is 1. The number of halogens is 2. The summed E-state index contributed by atoms with van der Waals surface area (Å²) in [5.74, 6) is -0.761. The van der Waals surface area contributed by atoms with Gasteiger partial charge >= 0.3 is 0 Å². The lowest BCUT2D eigenvalue weighted by atomic mass is 9.98. The fourth-order valence-corrected chi connectivity index (χ4v) is 5.23. The molecule has 2 aliphatic heterocycles. The first-order valence-electron chi connectivity index (χ1n) is 10.5. The monoisotopic (exact) mass is 482 g/mol. The van der Waals surface area contributed by atoms with Gasteiger partial charge in [0.25, 0.3) is 11.1 Å². The minimum atomic E-state index is -0.426.